The van der Waals surface area contributed by atoms with Gasteiger partial charge in [0.15, 0.2) is 0 Å². The molecular weight excluding hydrogens is 293 g/mol. The molecule has 18 heavy (non-hydrogen) atoms. The molecule has 4 nitrogen and oxygen atoms in total. The van der Waals surface area contributed by atoms with Crippen molar-refractivity contribution in [2.24, 2.45) is 5.73 Å². The molecule has 2 N–H and O–H groups in total. The van der Waals surface area contributed by atoms with Crippen LogP contribution in [0.25, 0.3) is 0 Å². The van der Waals surface area contributed by atoms with E-state index in [0.717, 1.165) is 5.56 Å². The van der Waals surface area contributed by atoms with E-state index in [2.05, 4.69) is 10.2 Å². The molecule has 1 atom stereocenters. The molecule has 0 fully saturated rings. The van der Waals surface area contributed by atoms with E-state index in [4.69, 9.17) is 33.4 Å². The average molecular weight is 304 g/mol. The van der Waals surface area contributed by atoms with Crippen LogP contribution < -0.4 is 5.73 Å². The molecule has 0 bridgehead atoms. The minimum absolute atomic E-state index is 0.253. The van der Waals surface area contributed by atoms with Crippen molar-refractivity contribution in [2.75, 3.05) is 0 Å². The molecule has 0 amide bonds. The monoisotopic (exact) mass is 303 g/mol. The van der Waals surface area contributed by atoms with Gasteiger partial charge < -0.3 is 10.2 Å². The van der Waals surface area contributed by atoms with Crippen LogP contribution in [0.3, 0.4) is 0 Å². The van der Waals surface area contributed by atoms with Gasteiger partial charge in [-0.3, -0.25) is 0 Å². The first-order valence-corrected chi connectivity index (χ1v) is 6.96. The topological polar surface area (TPSA) is 64.9 Å². The van der Waals surface area contributed by atoms with Crippen molar-refractivity contribution >= 4 is 35.0 Å². The standard InChI is InChI=1S/C11H11Cl2N3OS/c1-6(14)10-15-16-11(17-10)18-5-7-2-3-8(12)9(13)4-7/h2-4,6H,5,14H2,1H3/t6-/m0/s1. The Kier molecular flexibility index (Phi) is 4.50. The molecule has 0 aliphatic carbocycles. The lowest BCUT2D eigenvalue weighted by molar-refractivity contribution is 0.394. The Bertz CT molecular complexity index is 545. The molecule has 0 saturated heterocycles. The van der Waals surface area contributed by atoms with E-state index in [1.807, 2.05) is 12.1 Å². The number of hydrogen-bond donors (Lipinski definition) is 1. The van der Waals surface area contributed by atoms with Gasteiger partial charge in [0.25, 0.3) is 5.22 Å². The summed E-state index contributed by atoms with van der Waals surface area (Å²) >= 11 is 13.2. The van der Waals surface area contributed by atoms with Gasteiger partial charge in [-0.1, -0.05) is 41.0 Å². The van der Waals surface area contributed by atoms with Gasteiger partial charge in [-0.25, -0.2) is 0 Å². The summed E-state index contributed by atoms with van der Waals surface area (Å²) in [5, 5.41) is 9.33. The highest BCUT2D eigenvalue weighted by atomic mass is 35.5. The zero-order chi connectivity index (χ0) is 13.1. The van der Waals surface area contributed by atoms with Gasteiger partial charge in [-0.2, -0.15) is 0 Å². The summed E-state index contributed by atoms with van der Waals surface area (Å²) in [5.41, 5.74) is 6.67. The van der Waals surface area contributed by atoms with Gasteiger partial charge in [0.05, 0.1) is 16.1 Å². The van der Waals surface area contributed by atoms with Gasteiger partial charge in [0.1, 0.15) is 0 Å². The second-order valence-electron chi connectivity index (χ2n) is 3.73. The van der Waals surface area contributed by atoms with Crippen molar-refractivity contribution in [1.82, 2.24) is 10.2 Å². The molecule has 0 aliphatic rings. The van der Waals surface area contributed by atoms with Gasteiger partial charge in [-0.05, 0) is 24.6 Å². The first-order chi connectivity index (χ1) is 8.56. The summed E-state index contributed by atoms with van der Waals surface area (Å²) < 4.78 is 5.38. The number of thioether (sulfide) groups is 1. The third-order valence-electron chi connectivity index (χ3n) is 2.16. The summed E-state index contributed by atoms with van der Waals surface area (Å²) in [6.45, 7) is 1.79. The molecule has 1 aromatic carbocycles. The van der Waals surface area contributed by atoms with Crippen LogP contribution in [0.2, 0.25) is 10.0 Å². The summed E-state index contributed by atoms with van der Waals surface area (Å²) in [6, 6.07) is 5.24. The zero-order valence-corrected chi connectivity index (χ0v) is 11.9. The molecule has 0 spiro atoms. The number of aromatic nitrogens is 2. The maximum absolute atomic E-state index is 5.93. The summed E-state index contributed by atoms with van der Waals surface area (Å²) in [6.07, 6.45) is 0. The SMILES string of the molecule is C[C@H](N)c1nnc(SCc2ccc(Cl)c(Cl)c2)o1. The van der Waals surface area contributed by atoms with Crippen molar-refractivity contribution in [3.63, 3.8) is 0 Å². The van der Waals surface area contributed by atoms with Crippen LogP contribution in [0.4, 0.5) is 0 Å². The molecular formula is C11H11Cl2N3OS. The minimum atomic E-state index is -0.253. The molecule has 0 aliphatic heterocycles. The second-order valence-corrected chi connectivity index (χ2v) is 5.47. The van der Waals surface area contributed by atoms with E-state index < -0.39 is 0 Å². The lowest BCUT2D eigenvalue weighted by Crippen LogP contribution is -2.04. The minimum Gasteiger partial charge on any atom is -0.414 e. The van der Waals surface area contributed by atoms with E-state index in [-0.39, 0.29) is 6.04 Å². The van der Waals surface area contributed by atoms with E-state index in [1.54, 1.807) is 13.0 Å². The van der Waals surface area contributed by atoms with Crippen molar-refractivity contribution in [2.45, 2.75) is 23.9 Å². The smallest absolute Gasteiger partial charge is 0.276 e. The molecule has 1 heterocycles. The number of hydrogen-bond acceptors (Lipinski definition) is 5. The Hall–Kier alpha value is -0.750. The molecule has 0 radical (unpaired) electrons. The highest BCUT2D eigenvalue weighted by Gasteiger charge is 2.10. The van der Waals surface area contributed by atoms with Crippen LogP contribution in [-0.2, 0) is 5.75 Å². The summed E-state index contributed by atoms with van der Waals surface area (Å²) in [5.74, 6) is 1.11. The predicted octanol–water partition coefficient (Wildman–Crippen LogP) is 3.69. The van der Waals surface area contributed by atoms with E-state index in [0.29, 0.717) is 26.9 Å². The largest absolute Gasteiger partial charge is 0.414 e. The Morgan fingerprint density at radius 2 is 2.11 bits per heavy atom. The fourth-order valence-electron chi connectivity index (χ4n) is 1.24. The summed E-state index contributed by atoms with van der Waals surface area (Å²) in [4.78, 5) is 0. The van der Waals surface area contributed by atoms with Crippen molar-refractivity contribution < 1.29 is 4.42 Å². The van der Waals surface area contributed by atoms with Gasteiger partial charge in [0, 0.05) is 5.75 Å². The third-order valence-corrected chi connectivity index (χ3v) is 3.79. The van der Waals surface area contributed by atoms with Gasteiger partial charge >= 0.3 is 0 Å². The molecule has 2 aromatic rings. The lowest BCUT2D eigenvalue weighted by atomic mass is 10.2. The molecule has 0 unspecified atom stereocenters. The first-order valence-electron chi connectivity index (χ1n) is 5.22. The maximum atomic E-state index is 5.93. The van der Waals surface area contributed by atoms with Crippen LogP contribution in [0.15, 0.2) is 27.8 Å². The summed E-state index contributed by atoms with van der Waals surface area (Å²) in [7, 11) is 0. The van der Waals surface area contributed by atoms with E-state index in [9.17, 15) is 0 Å². The number of nitrogens with zero attached hydrogens (tertiary/aromatic N) is 2. The Morgan fingerprint density at radius 3 is 2.72 bits per heavy atom. The highest BCUT2D eigenvalue weighted by molar-refractivity contribution is 7.98. The highest BCUT2D eigenvalue weighted by Crippen LogP contribution is 2.27. The van der Waals surface area contributed by atoms with Crippen LogP contribution in [-0.4, -0.2) is 10.2 Å². The van der Waals surface area contributed by atoms with Gasteiger partial charge in [0.2, 0.25) is 5.89 Å². The van der Waals surface area contributed by atoms with Crippen molar-refractivity contribution in [3.05, 3.63) is 39.7 Å². The Balaban J connectivity index is 2.00. The van der Waals surface area contributed by atoms with Crippen LogP contribution in [0, 0.1) is 0 Å². The van der Waals surface area contributed by atoms with E-state index >= 15 is 0 Å². The van der Waals surface area contributed by atoms with Crippen molar-refractivity contribution in [1.29, 1.82) is 0 Å². The number of rotatable bonds is 4. The van der Waals surface area contributed by atoms with Crippen LogP contribution in [0.5, 0.6) is 0 Å². The van der Waals surface area contributed by atoms with Gasteiger partial charge in [-0.15, -0.1) is 10.2 Å². The van der Waals surface area contributed by atoms with Crippen LogP contribution >= 0.6 is 35.0 Å². The third kappa shape index (κ3) is 3.38. The number of benzene rings is 1. The zero-order valence-electron chi connectivity index (χ0n) is 9.56. The molecule has 0 saturated carbocycles. The first kappa shape index (κ1) is 13.7. The van der Waals surface area contributed by atoms with Crippen LogP contribution in [0.1, 0.15) is 24.4 Å². The van der Waals surface area contributed by atoms with Crippen molar-refractivity contribution in [3.8, 4) is 0 Å². The lowest BCUT2D eigenvalue weighted by Gasteiger charge is -2.01. The Morgan fingerprint density at radius 1 is 1.33 bits per heavy atom. The molecule has 96 valence electrons. The molecule has 7 heteroatoms. The second kappa shape index (κ2) is 5.93. The molecule has 1 aromatic heterocycles. The number of nitrogens with two attached hydrogens (primary N) is 1. The molecule has 2 rings (SSSR count). The predicted molar refractivity (Wildman–Crippen MR) is 72.9 cm³/mol. The Labute approximate surface area is 119 Å². The van der Waals surface area contributed by atoms with E-state index in [1.165, 1.54) is 11.8 Å². The fraction of sp³-hybridized carbons (Fsp3) is 0.273. The quantitative estimate of drug-likeness (QED) is 0.873. The normalized spacial score (nSPS) is 12.7. The fourth-order valence-corrected chi connectivity index (χ4v) is 2.27. The average Bonchev–Trinajstić information content (AvgIpc) is 2.79. The maximum Gasteiger partial charge on any atom is 0.276 e. The number of halogens is 2.